The molecule has 3 rings (SSSR count). The van der Waals surface area contributed by atoms with E-state index in [-0.39, 0.29) is 6.04 Å². The second kappa shape index (κ2) is 5.04. The van der Waals surface area contributed by atoms with Crippen LogP contribution in [-0.4, -0.2) is 25.7 Å². The van der Waals surface area contributed by atoms with Gasteiger partial charge in [-0.25, -0.2) is 0 Å². The normalized spacial score (nSPS) is 25.8. The summed E-state index contributed by atoms with van der Waals surface area (Å²) >= 11 is 0. The van der Waals surface area contributed by atoms with E-state index in [1.54, 1.807) is 0 Å². The molecule has 1 atom stereocenters. The molecule has 0 amide bonds. The van der Waals surface area contributed by atoms with Gasteiger partial charge in [0.15, 0.2) is 0 Å². The summed E-state index contributed by atoms with van der Waals surface area (Å²) in [6.07, 6.45) is 14.5. The Bertz CT molecular complexity index is 468. The predicted octanol–water partition coefficient (Wildman–Crippen LogP) is 0.476. The van der Waals surface area contributed by atoms with Gasteiger partial charge in [-0.3, -0.25) is 0 Å². The highest BCUT2D eigenvalue weighted by Gasteiger charge is 2.21. The predicted molar refractivity (Wildman–Crippen MR) is 73.5 cm³/mol. The molecule has 0 radical (unpaired) electrons. The van der Waals surface area contributed by atoms with Gasteiger partial charge in [0.2, 0.25) is 0 Å². The molecule has 0 bridgehead atoms. The van der Waals surface area contributed by atoms with Crippen molar-refractivity contribution >= 4 is 0 Å². The van der Waals surface area contributed by atoms with Crippen LogP contribution in [0.4, 0.5) is 0 Å². The maximum atomic E-state index is 3.50. The SMILES string of the molecule is C1=CCNC(C2=C(C3C=CC=CN3)NCCN2)=C1. The monoisotopic (exact) mass is 242 g/mol. The Morgan fingerprint density at radius 1 is 1.00 bits per heavy atom. The van der Waals surface area contributed by atoms with E-state index in [4.69, 9.17) is 0 Å². The van der Waals surface area contributed by atoms with E-state index in [1.165, 1.54) is 11.4 Å². The lowest BCUT2D eigenvalue weighted by atomic mass is 10.0. The molecule has 0 saturated heterocycles. The Kier molecular flexibility index (Phi) is 3.08. The standard InChI is InChI=1S/C14H18N4/c1-3-7-15-11(5-1)13-14(18-10-9-17-13)12-6-2-4-8-16-12/h1-7,11,15-18H,8-10H2. The molecule has 3 heterocycles. The minimum absolute atomic E-state index is 0.214. The second-order valence-electron chi connectivity index (χ2n) is 4.42. The lowest BCUT2D eigenvalue weighted by Crippen LogP contribution is -2.45. The summed E-state index contributed by atoms with van der Waals surface area (Å²) in [6.45, 7) is 2.80. The topological polar surface area (TPSA) is 48.1 Å². The molecule has 94 valence electrons. The van der Waals surface area contributed by atoms with Crippen molar-refractivity contribution < 1.29 is 0 Å². The van der Waals surface area contributed by atoms with Crippen molar-refractivity contribution in [1.82, 2.24) is 21.3 Å². The maximum absolute atomic E-state index is 3.50. The van der Waals surface area contributed by atoms with Gasteiger partial charge >= 0.3 is 0 Å². The number of rotatable bonds is 2. The Labute approximate surface area is 107 Å². The quantitative estimate of drug-likeness (QED) is 0.569. The molecule has 0 spiro atoms. The van der Waals surface area contributed by atoms with E-state index in [2.05, 4.69) is 51.6 Å². The smallest absolute Gasteiger partial charge is 0.0864 e. The van der Waals surface area contributed by atoms with E-state index in [0.717, 1.165) is 25.3 Å². The molecule has 4 heteroatoms. The van der Waals surface area contributed by atoms with Crippen molar-refractivity contribution in [1.29, 1.82) is 0 Å². The summed E-state index contributed by atoms with van der Waals surface area (Å²) in [5.74, 6) is 0. The van der Waals surface area contributed by atoms with E-state index >= 15 is 0 Å². The number of allylic oxidation sites excluding steroid dienone is 4. The first kappa shape index (κ1) is 11.0. The van der Waals surface area contributed by atoms with Crippen LogP contribution in [0.2, 0.25) is 0 Å². The fraction of sp³-hybridized carbons (Fsp3) is 0.286. The minimum Gasteiger partial charge on any atom is -0.383 e. The largest absolute Gasteiger partial charge is 0.383 e. The highest BCUT2D eigenvalue weighted by atomic mass is 15.1. The Morgan fingerprint density at radius 2 is 1.94 bits per heavy atom. The van der Waals surface area contributed by atoms with Crippen LogP contribution < -0.4 is 21.3 Å². The zero-order valence-electron chi connectivity index (χ0n) is 10.2. The summed E-state index contributed by atoms with van der Waals surface area (Å²) in [4.78, 5) is 0. The number of hydrogen-bond donors (Lipinski definition) is 4. The minimum atomic E-state index is 0.214. The third-order valence-corrected chi connectivity index (χ3v) is 3.19. The van der Waals surface area contributed by atoms with E-state index in [9.17, 15) is 0 Å². The molecule has 4 nitrogen and oxygen atoms in total. The number of nitrogens with one attached hydrogen (secondary N) is 4. The van der Waals surface area contributed by atoms with Crippen LogP contribution in [0.3, 0.4) is 0 Å². The van der Waals surface area contributed by atoms with Gasteiger partial charge in [0.05, 0.1) is 23.1 Å². The number of hydrogen-bond acceptors (Lipinski definition) is 4. The van der Waals surface area contributed by atoms with Gasteiger partial charge in [-0.1, -0.05) is 24.3 Å². The van der Waals surface area contributed by atoms with Crippen LogP contribution in [0.25, 0.3) is 0 Å². The van der Waals surface area contributed by atoms with Gasteiger partial charge in [0.25, 0.3) is 0 Å². The summed E-state index contributed by atoms with van der Waals surface area (Å²) in [7, 11) is 0. The zero-order valence-corrected chi connectivity index (χ0v) is 10.2. The van der Waals surface area contributed by atoms with Gasteiger partial charge < -0.3 is 21.3 Å². The van der Waals surface area contributed by atoms with Crippen LogP contribution in [-0.2, 0) is 0 Å². The summed E-state index contributed by atoms with van der Waals surface area (Å²) in [6, 6.07) is 0.214. The molecule has 0 aliphatic carbocycles. The van der Waals surface area contributed by atoms with Crippen LogP contribution in [0.15, 0.2) is 59.7 Å². The third kappa shape index (κ3) is 2.14. The van der Waals surface area contributed by atoms with Crippen LogP contribution in [0.1, 0.15) is 0 Å². The lowest BCUT2D eigenvalue weighted by Gasteiger charge is -2.31. The van der Waals surface area contributed by atoms with Gasteiger partial charge in [0, 0.05) is 19.6 Å². The van der Waals surface area contributed by atoms with Crippen molar-refractivity contribution in [3.8, 4) is 0 Å². The van der Waals surface area contributed by atoms with E-state index in [1.807, 2.05) is 12.3 Å². The molecule has 1 unspecified atom stereocenters. The summed E-state index contributed by atoms with van der Waals surface area (Å²) < 4.78 is 0. The van der Waals surface area contributed by atoms with E-state index in [0.29, 0.717) is 0 Å². The molecule has 0 fully saturated rings. The third-order valence-electron chi connectivity index (χ3n) is 3.19. The summed E-state index contributed by atoms with van der Waals surface area (Å²) in [5, 5.41) is 13.8. The Hall–Kier alpha value is -2.10. The molecule has 3 aliphatic rings. The second-order valence-corrected chi connectivity index (χ2v) is 4.42. The molecule has 0 aromatic heterocycles. The maximum Gasteiger partial charge on any atom is 0.0864 e. The Morgan fingerprint density at radius 3 is 2.72 bits per heavy atom. The Balaban J connectivity index is 1.92. The van der Waals surface area contributed by atoms with Gasteiger partial charge in [0.1, 0.15) is 0 Å². The fourth-order valence-electron chi connectivity index (χ4n) is 2.33. The summed E-state index contributed by atoms with van der Waals surface area (Å²) in [5.41, 5.74) is 3.53. The fourth-order valence-corrected chi connectivity index (χ4v) is 2.33. The van der Waals surface area contributed by atoms with Crippen LogP contribution >= 0.6 is 0 Å². The molecule has 3 aliphatic heterocycles. The van der Waals surface area contributed by atoms with Gasteiger partial charge in [-0.15, -0.1) is 0 Å². The first-order valence-electron chi connectivity index (χ1n) is 6.37. The molecule has 0 aromatic rings. The molecule has 18 heavy (non-hydrogen) atoms. The molecular formula is C14H18N4. The van der Waals surface area contributed by atoms with Crippen molar-refractivity contribution in [2.75, 3.05) is 19.6 Å². The average molecular weight is 242 g/mol. The van der Waals surface area contributed by atoms with Gasteiger partial charge in [-0.05, 0) is 18.4 Å². The molecular weight excluding hydrogens is 224 g/mol. The zero-order chi connectivity index (χ0) is 12.2. The van der Waals surface area contributed by atoms with E-state index < -0.39 is 0 Å². The first-order chi connectivity index (χ1) is 8.95. The van der Waals surface area contributed by atoms with Crippen molar-refractivity contribution in [2.24, 2.45) is 0 Å². The lowest BCUT2D eigenvalue weighted by molar-refractivity contribution is 0.588. The highest BCUT2D eigenvalue weighted by molar-refractivity contribution is 5.41. The van der Waals surface area contributed by atoms with Crippen LogP contribution in [0, 0.1) is 0 Å². The first-order valence-corrected chi connectivity index (χ1v) is 6.37. The van der Waals surface area contributed by atoms with Crippen LogP contribution in [0.5, 0.6) is 0 Å². The van der Waals surface area contributed by atoms with Crippen molar-refractivity contribution in [2.45, 2.75) is 6.04 Å². The van der Waals surface area contributed by atoms with Crippen molar-refractivity contribution in [3.05, 3.63) is 59.7 Å². The van der Waals surface area contributed by atoms with Crippen molar-refractivity contribution in [3.63, 3.8) is 0 Å². The number of dihydropyridines is 2. The molecule has 4 N–H and O–H groups in total. The molecule has 0 saturated carbocycles. The molecule has 0 aromatic carbocycles. The van der Waals surface area contributed by atoms with Gasteiger partial charge in [-0.2, -0.15) is 0 Å². The average Bonchev–Trinajstić information content (AvgIpc) is 2.49. The highest BCUT2D eigenvalue weighted by Crippen LogP contribution is 2.17.